The van der Waals surface area contributed by atoms with Crippen LogP contribution >= 0.6 is 0 Å². The summed E-state index contributed by atoms with van der Waals surface area (Å²) in [5.74, 6) is -1.36. The molecule has 1 atom stereocenters. The van der Waals surface area contributed by atoms with Crippen LogP contribution in [-0.2, 0) is 6.42 Å². The van der Waals surface area contributed by atoms with E-state index >= 15 is 0 Å². The highest BCUT2D eigenvalue weighted by Crippen LogP contribution is 2.18. The first-order valence-electron chi connectivity index (χ1n) is 5.47. The number of benzene rings is 1. The first-order valence-corrected chi connectivity index (χ1v) is 5.47. The van der Waals surface area contributed by atoms with Crippen LogP contribution in [0, 0.1) is 11.6 Å². The van der Waals surface area contributed by atoms with Crippen molar-refractivity contribution >= 4 is 5.82 Å². The van der Waals surface area contributed by atoms with Crippen molar-refractivity contribution in [3.8, 4) is 0 Å². The van der Waals surface area contributed by atoms with Gasteiger partial charge in [0.05, 0.1) is 0 Å². The molecule has 94 valence electrons. The lowest BCUT2D eigenvalue weighted by molar-refractivity contribution is 0.505. The SMILES string of the molecule is Nc1cc(CC(N)c2ccc(F)c(F)c2)ccn1. The average molecular weight is 249 g/mol. The summed E-state index contributed by atoms with van der Waals surface area (Å²) >= 11 is 0. The van der Waals surface area contributed by atoms with E-state index in [-0.39, 0.29) is 0 Å². The van der Waals surface area contributed by atoms with Crippen molar-refractivity contribution in [2.75, 3.05) is 5.73 Å². The lowest BCUT2D eigenvalue weighted by Crippen LogP contribution is -2.14. The molecule has 0 saturated carbocycles. The molecule has 0 radical (unpaired) electrons. The number of halogens is 2. The molecule has 2 aromatic rings. The topological polar surface area (TPSA) is 64.9 Å². The van der Waals surface area contributed by atoms with Gasteiger partial charge in [-0.3, -0.25) is 0 Å². The highest BCUT2D eigenvalue weighted by molar-refractivity contribution is 5.33. The summed E-state index contributed by atoms with van der Waals surface area (Å²) in [6, 6.07) is 6.75. The third kappa shape index (κ3) is 2.81. The molecule has 1 aromatic carbocycles. The first kappa shape index (κ1) is 12.4. The average Bonchev–Trinajstić information content (AvgIpc) is 2.32. The van der Waals surface area contributed by atoms with Crippen LogP contribution < -0.4 is 11.5 Å². The molecule has 0 saturated heterocycles. The minimum Gasteiger partial charge on any atom is -0.384 e. The van der Waals surface area contributed by atoms with Gasteiger partial charge in [-0.1, -0.05) is 6.07 Å². The number of aromatic nitrogens is 1. The van der Waals surface area contributed by atoms with Gasteiger partial charge in [0.15, 0.2) is 11.6 Å². The van der Waals surface area contributed by atoms with Gasteiger partial charge in [0, 0.05) is 12.2 Å². The molecule has 0 amide bonds. The van der Waals surface area contributed by atoms with Crippen LogP contribution in [0.15, 0.2) is 36.5 Å². The van der Waals surface area contributed by atoms with Crippen LogP contribution in [0.3, 0.4) is 0 Å². The Kier molecular flexibility index (Phi) is 3.53. The van der Waals surface area contributed by atoms with Gasteiger partial charge in [-0.2, -0.15) is 0 Å². The predicted octanol–water partition coefficient (Wildman–Crippen LogP) is 2.18. The van der Waals surface area contributed by atoms with Crippen molar-refractivity contribution in [1.29, 1.82) is 0 Å². The van der Waals surface area contributed by atoms with Gasteiger partial charge in [0.25, 0.3) is 0 Å². The van der Waals surface area contributed by atoms with Gasteiger partial charge in [-0.15, -0.1) is 0 Å². The smallest absolute Gasteiger partial charge is 0.159 e. The zero-order chi connectivity index (χ0) is 13.1. The highest BCUT2D eigenvalue weighted by Gasteiger charge is 2.10. The Hall–Kier alpha value is -2.01. The Morgan fingerprint density at radius 3 is 2.56 bits per heavy atom. The number of hydrogen-bond acceptors (Lipinski definition) is 3. The summed E-state index contributed by atoms with van der Waals surface area (Å²) in [4.78, 5) is 3.87. The molecule has 0 bridgehead atoms. The summed E-state index contributed by atoms with van der Waals surface area (Å²) in [6.45, 7) is 0. The molecule has 1 unspecified atom stereocenters. The van der Waals surface area contributed by atoms with Crippen LogP contribution in [0.2, 0.25) is 0 Å². The molecule has 4 N–H and O–H groups in total. The van der Waals surface area contributed by atoms with E-state index in [4.69, 9.17) is 11.5 Å². The fraction of sp³-hybridized carbons (Fsp3) is 0.154. The van der Waals surface area contributed by atoms with E-state index in [1.165, 1.54) is 6.07 Å². The van der Waals surface area contributed by atoms with E-state index in [0.717, 1.165) is 17.7 Å². The number of rotatable bonds is 3. The van der Waals surface area contributed by atoms with E-state index in [2.05, 4.69) is 4.98 Å². The fourth-order valence-electron chi connectivity index (χ4n) is 1.74. The Morgan fingerprint density at radius 1 is 1.11 bits per heavy atom. The van der Waals surface area contributed by atoms with Crippen molar-refractivity contribution in [2.45, 2.75) is 12.5 Å². The zero-order valence-electron chi connectivity index (χ0n) is 9.61. The summed E-state index contributed by atoms with van der Waals surface area (Å²) in [6.07, 6.45) is 2.07. The summed E-state index contributed by atoms with van der Waals surface area (Å²) in [5, 5.41) is 0. The number of nitrogens with two attached hydrogens (primary N) is 2. The van der Waals surface area contributed by atoms with Gasteiger partial charge >= 0.3 is 0 Å². The molecule has 1 heterocycles. The zero-order valence-corrected chi connectivity index (χ0v) is 9.61. The number of hydrogen-bond donors (Lipinski definition) is 2. The van der Waals surface area contributed by atoms with Crippen molar-refractivity contribution in [3.63, 3.8) is 0 Å². The minimum absolute atomic E-state index is 0.407. The van der Waals surface area contributed by atoms with Crippen LogP contribution in [0.1, 0.15) is 17.2 Å². The molecule has 0 fully saturated rings. The normalized spacial score (nSPS) is 12.4. The van der Waals surface area contributed by atoms with E-state index in [0.29, 0.717) is 17.8 Å². The summed E-state index contributed by atoms with van der Waals surface area (Å²) in [5.41, 5.74) is 12.9. The maximum absolute atomic E-state index is 13.1. The molecule has 0 aliphatic carbocycles. The maximum Gasteiger partial charge on any atom is 0.159 e. The van der Waals surface area contributed by atoms with Gasteiger partial charge in [0.2, 0.25) is 0 Å². The quantitative estimate of drug-likeness (QED) is 0.876. The molecule has 2 rings (SSSR count). The van der Waals surface area contributed by atoms with Crippen LogP contribution in [0.4, 0.5) is 14.6 Å². The minimum atomic E-state index is -0.891. The Balaban J connectivity index is 2.16. The lowest BCUT2D eigenvalue weighted by atomic mass is 10.00. The van der Waals surface area contributed by atoms with Crippen LogP contribution in [0.5, 0.6) is 0 Å². The molecule has 5 heteroatoms. The van der Waals surface area contributed by atoms with Crippen LogP contribution in [-0.4, -0.2) is 4.98 Å². The highest BCUT2D eigenvalue weighted by atomic mass is 19.2. The molecule has 3 nitrogen and oxygen atoms in total. The van der Waals surface area contributed by atoms with Gasteiger partial charge < -0.3 is 11.5 Å². The second kappa shape index (κ2) is 5.10. The molecular formula is C13H13F2N3. The molecule has 0 aliphatic rings. The number of nitrogens with zero attached hydrogens (tertiary/aromatic N) is 1. The Labute approximate surface area is 103 Å². The van der Waals surface area contributed by atoms with E-state index in [1.807, 2.05) is 0 Å². The van der Waals surface area contributed by atoms with E-state index < -0.39 is 17.7 Å². The Bertz CT molecular complexity index is 558. The largest absolute Gasteiger partial charge is 0.384 e. The third-order valence-electron chi connectivity index (χ3n) is 2.67. The van der Waals surface area contributed by atoms with Gasteiger partial charge in [-0.25, -0.2) is 13.8 Å². The second-order valence-corrected chi connectivity index (χ2v) is 4.07. The second-order valence-electron chi connectivity index (χ2n) is 4.07. The maximum atomic E-state index is 13.1. The van der Waals surface area contributed by atoms with E-state index in [9.17, 15) is 8.78 Å². The summed E-state index contributed by atoms with van der Waals surface area (Å²) in [7, 11) is 0. The van der Waals surface area contributed by atoms with Crippen LogP contribution in [0.25, 0.3) is 0 Å². The summed E-state index contributed by atoms with van der Waals surface area (Å²) < 4.78 is 25.9. The molecule has 0 aliphatic heterocycles. The fourth-order valence-corrected chi connectivity index (χ4v) is 1.74. The molecule has 1 aromatic heterocycles. The predicted molar refractivity (Wildman–Crippen MR) is 65.6 cm³/mol. The number of nitrogen functional groups attached to an aromatic ring is 1. The van der Waals surface area contributed by atoms with Crippen molar-refractivity contribution in [3.05, 3.63) is 59.3 Å². The number of anilines is 1. The third-order valence-corrected chi connectivity index (χ3v) is 2.67. The molecule has 0 spiro atoms. The lowest BCUT2D eigenvalue weighted by Gasteiger charge is -2.12. The van der Waals surface area contributed by atoms with Gasteiger partial charge in [0.1, 0.15) is 5.82 Å². The molecular weight excluding hydrogens is 236 g/mol. The van der Waals surface area contributed by atoms with Crippen molar-refractivity contribution in [1.82, 2.24) is 4.98 Å². The first-order chi connectivity index (χ1) is 8.56. The van der Waals surface area contributed by atoms with Crippen molar-refractivity contribution < 1.29 is 8.78 Å². The monoisotopic (exact) mass is 249 g/mol. The Morgan fingerprint density at radius 2 is 1.89 bits per heavy atom. The standard InChI is InChI=1S/C13H13F2N3/c14-10-2-1-9(7-11(10)15)12(16)5-8-3-4-18-13(17)6-8/h1-4,6-7,12H,5,16H2,(H2,17,18). The molecule has 18 heavy (non-hydrogen) atoms. The van der Waals surface area contributed by atoms with Gasteiger partial charge in [-0.05, 0) is 41.8 Å². The number of pyridine rings is 1. The van der Waals surface area contributed by atoms with Crippen molar-refractivity contribution in [2.24, 2.45) is 5.73 Å². The van der Waals surface area contributed by atoms with E-state index in [1.54, 1.807) is 18.3 Å².